The first kappa shape index (κ1) is 15.8. The molecule has 23 heavy (non-hydrogen) atoms. The Kier molecular flexibility index (Phi) is 4.52. The molecule has 0 aromatic carbocycles. The molecule has 3 rings (SSSR count). The number of carboxylic acids is 1. The Bertz CT molecular complexity index is 693. The van der Waals surface area contributed by atoms with Gasteiger partial charge in [-0.05, 0) is 35.9 Å². The van der Waals surface area contributed by atoms with Gasteiger partial charge in [0.2, 0.25) is 0 Å². The van der Waals surface area contributed by atoms with Crippen LogP contribution in [0.3, 0.4) is 0 Å². The Morgan fingerprint density at radius 1 is 1.30 bits per heavy atom. The van der Waals surface area contributed by atoms with Gasteiger partial charge in [-0.2, -0.15) is 0 Å². The molecule has 1 amide bonds. The molecule has 5 nitrogen and oxygen atoms in total. The second-order valence-electron chi connectivity index (χ2n) is 6.19. The molecule has 6 heteroatoms. The molecule has 3 heterocycles. The highest BCUT2D eigenvalue weighted by Gasteiger charge is 2.33. The SMILES string of the molecule is CC1CC(C(=O)O)CN(C(=O)c2cccn2Cc2cccs2)C1. The van der Waals surface area contributed by atoms with Crippen molar-refractivity contribution in [2.75, 3.05) is 13.1 Å². The number of amides is 1. The van der Waals surface area contributed by atoms with Crippen LogP contribution < -0.4 is 0 Å². The summed E-state index contributed by atoms with van der Waals surface area (Å²) in [7, 11) is 0. The quantitative estimate of drug-likeness (QED) is 0.936. The molecule has 1 N–H and O–H groups in total. The van der Waals surface area contributed by atoms with Crippen molar-refractivity contribution in [2.24, 2.45) is 11.8 Å². The molecule has 2 atom stereocenters. The van der Waals surface area contributed by atoms with E-state index in [9.17, 15) is 14.7 Å². The first-order chi connectivity index (χ1) is 11.0. The zero-order valence-electron chi connectivity index (χ0n) is 13.0. The number of likely N-dealkylation sites (tertiary alicyclic amines) is 1. The van der Waals surface area contributed by atoms with Crippen LogP contribution in [0.15, 0.2) is 35.8 Å². The minimum absolute atomic E-state index is 0.0793. The van der Waals surface area contributed by atoms with E-state index in [1.54, 1.807) is 16.2 Å². The summed E-state index contributed by atoms with van der Waals surface area (Å²) in [6.45, 7) is 3.58. The van der Waals surface area contributed by atoms with Crippen molar-refractivity contribution >= 4 is 23.2 Å². The number of aliphatic carboxylic acids is 1. The van der Waals surface area contributed by atoms with E-state index in [-0.39, 0.29) is 11.8 Å². The second-order valence-corrected chi connectivity index (χ2v) is 7.22. The summed E-state index contributed by atoms with van der Waals surface area (Å²) < 4.78 is 1.93. The number of hydrogen-bond donors (Lipinski definition) is 1. The van der Waals surface area contributed by atoms with Crippen molar-refractivity contribution in [2.45, 2.75) is 19.9 Å². The molecule has 1 saturated heterocycles. The highest BCUT2D eigenvalue weighted by molar-refractivity contribution is 7.09. The van der Waals surface area contributed by atoms with E-state index >= 15 is 0 Å². The van der Waals surface area contributed by atoms with Crippen LogP contribution in [0.2, 0.25) is 0 Å². The van der Waals surface area contributed by atoms with E-state index in [4.69, 9.17) is 0 Å². The van der Waals surface area contributed by atoms with Crippen molar-refractivity contribution < 1.29 is 14.7 Å². The van der Waals surface area contributed by atoms with Crippen molar-refractivity contribution in [3.05, 3.63) is 46.4 Å². The largest absolute Gasteiger partial charge is 0.481 e. The first-order valence-corrected chi connectivity index (χ1v) is 8.62. The maximum atomic E-state index is 12.8. The monoisotopic (exact) mass is 332 g/mol. The van der Waals surface area contributed by atoms with Gasteiger partial charge < -0.3 is 14.6 Å². The molecule has 2 aromatic rings. The van der Waals surface area contributed by atoms with E-state index in [2.05, 4.69) is 0 Å². The molecule has 2 aromatic heterocycles. The number of thiophene rings is 1. The molecule has 0 aliphatic carbocycles. The normalized spacial score (nSPS) is 21.3. The molecule has 0 spiro atoms. The fourth-order valence-corrected chi connectivity index (χ4v) is 3.88. The van der Waals surface area contributed by atoms with E-state index < -0.39 is 11.9 Å². The van der Waals surface area contributed by atoms with Crippen molar-refractivity contribution in [1.29, 1.82) is 0 Å². The number of carbonyl (C=O) groups is 2. The molecular weight excluding hydrogens is 312 g/mol. The molecule has 122 valence electrons. The Labute approximate surface area is 139 Å². The van der Waals surface area contributed by atoms with Crippen LogP contribution in [0, 0.1) is 11.8 Å². The van der Waals surface area contributed by atoms with E-state index in [1.165, 1.54) is 4.88 Å². The van der Waals surface area contributed by atoms with Crippen LogP contribution >= 0.6 is 11.3 Å². The lowest BCUT2D eigenvalue weighted by Crippen LogP contribution is -2.46. The van der Waals surface area contributed by atoms with Gasteiger partial charge in [0.25, 0.3) is 5.91 Å². The Balaban J connectivity index is 1.78. The van der Waals surface area contributed by atoms with E-state index in [0.29, 0.717) is 31.7 Å². The van der Waals surface area contributed by atoms with E-state index in [0.717, 1.165) is 0 Å². The highest BCUT2D eigenvalue weighted by atomic mass is 32.1. The summed E-state index contributed by atoms with van der Waals surface area (Å²) >= 11 is 1.66. The van der Waals surface area contributed by atoms with Gasteiger partial charge in [-0.1, -0.05) is 13.0 Å². The molecule has 0 radical (unpaired) electrons. The second kappa shape index (κ2) is 6.58. The number of aromatic nitrogens is 1. The number of rotatable bonds is 4. The predicted molar refractivity (Wildman–Crippen MR) is 88.7 cm³/mol. The summed E-state index contributed by atoms with van der Waals surface area (Å²) in [5, 5.41) is 11.3. The molecule has 0 bridgehead atoms. The number of hydrogen-bond acceptors (Lipinski definition) is 3. The Morgan fingerprint density at radius 2 is 2.13 bits per heavy atom. The number of carboxylic acid groups (broad SMARTS) is 1. The summed E-state index contributed by atoms with van der Waals surface area (Å²) in [6.07, 6.45) is 2.53. The van der Waals surface area contributed by atoms with Crippen LogP contribution in [0.4, 0.5) is 0 Å². The third kappa shape index (κ3) is 3.47. The van der Waals surface area contributed by atoms with Crippen LogP contribution in [0.25, 0.3) is 0 Å². The maximum Gasteiger partial charge on any atom is 0.308 e. The fraction of sp³-hybridized carbons (Fsp3) is 0.412. The minimum atomic E-state index is -0.816. The molecule has 0 saturated carbocycles. The zero-order valence-corrected chi connectivity index (χ0v) is 13.8. The van der Waals surface area contributed by atoms with Gasteiger partial charge in [0.1, 0.15) is 5.69 Å². The minimum Gasteiger partial charge on any atom is -0.481 e. The zero-order chi connectivity index (χ0) is 16.4. The van der Waals surface area contributed by atoms with Gasteiger partial charge in [-0.25, -0.2) is 0 Å². The molecule has 1 fully saturated rings. The molecule has 1 aliphatic rings. The van der Waals surface area contributed by atoms with Gasteiger partial charge >= 0.3 is 5.97 Å². The van der Waals surface area contributed by atoms with Crippen molar-refractivity contribution in [3.8, 4) is 0 Å². The summed E-state index contributed by atoms with van der Waals surface area (Å²) in [6, 6.07) is 7.71. The van der Waals surface area contributed by atoms with Crippen LogP contribution in [-0.4, -0.2) is 39.5 Å². The third-order valence-electron chi connectivity index (χ3n) is 4.25. The lowest BCUT2D eigenvalue weighted by Gasteiger charge is -2.34. The van der Waals surface area contributed by atoms with Crippen molar-refractivity contribution in [3.63, 3.8) is 0 Å². The average Bonchev–Trinajstić information content (AvgIpc) is 3.18. The first-order valence-electron chi connectivity index (χ1n) is 7.74. The van der Waals surface area contributed by atoms with Gasteiger partial charge in [0, 0.05) is 24.2 Å². The van der Waals surface area contributed by atoms with Gasteiger partial charge in [-0.15, -0.1) is 11.3 Å². The number of carbonyl (C=O) groups excluding carboxylic acids is 1. The van der Waals surface area contributed by atoms with Crippen LogP contribution in [-0.2, 0) is 11.3 Å². The lowest BCUT2D eigenvalue weighted by atomic mass is 9.90. The van der Waals surface area contributed by atoms with Gasteiger partial charge in [-0.3, -0.25) is 9.59 Å². The number of nitrogens with zero attached hydrogens (tertiary/aromatic N) is 2. The molecule has 2 unspecified atom stereocenters. The lowest BCUT2D eigenvalue weighted by molar-refractivity contribution is -0.143. The summed E-state index contributed by atoms with van der Waals surface area (Å²) in [5.74, 6) is -1.16. The standard InChI is InChI=1S/C17H20N2O3S/c1-12-8-13(17(21)22)10-19(9-12)16(20)15-5-2-6-18(15)11-14-4-3-7-23-14/h2-7,12-13H,8-11H2,1H3,(H,21,22). The smallest absolute Gasteiger partial charge is 0.308 e. The fourth-order valence-electron chi connectivity index (χ4n) is 3.17. The summed E-state index contributed by atoms with van der Waals surface area (Å²) in [5.41, 5.74) is 0.622. The number of piperidine rings is 1. The van der Waals surface area contributed by atoms with Crippen LogP contribution in [0.1, 0.15) is 28.7 Å². The van der Waals surface area contributed by atoms with E-state index in [1.807, 2.05) is 47.3 Å². The third-order valence-corrected chi connectivity index (χ3v) is 5.11. The maximum absolute atomic E-state index is 12.8. The van der Waals surface area contributed by atoms with Crippen LogP contribution in [0.5, 0.6) is 0 Å². The topological polar surface area (TPSA) is 62.5 Å². The predicted octanol–water partition coefficient (Wildman–Crippen LogP) is 2.78. The average molecular weight is 332 g/mol. The molecular formula is C17H20N2O3S. The van der Waals surface area contributed by atoms with Gasteiger partial charge in [0.05, 0.1) is 12.5 Å². The van der Waals surface area contributed by atoms with Crippen molar-refractivity contribution in [1.82, 2.24) is 9.47 Å². The Hall–Kier alpha value is -2.08. The highest BCUT2D eigenvalue weighted by Crippen LogP contribution is 2.24. The molecule has 1 aliphatic heterocycles. The Morgan fingerprint density at radius 3 is 2.83 bits per heavy atom. The summed E-state index contributed by atoms with van der Waals surface area (Å²) in [4.78, 5) is 27.0. The van der Waals surface area contributed by atoms with Gasteiger partial charge in [0.15, 0.2) is 0 Å².